The summed E-state index contributed by atoms with van der Waals surface area (Å²) in [5.74, 6) is -0.215. The molecule has 0 bridgehead atoms. The lowest BCUT2D eigenvalue weighted by molar-refractivity contribution is -0.138. The summed E-state index contributed by atoms with van der Waals surface area (Å²) in [6, 6.07) is -0.232. The van der Waals surface area contributed by atoms with E-state index in [1.54, 1.807) is 27.0 Å². The number of rotatable bonds is 5. The van der Waals surface area contributed by atoms with Crippen LogP contribution in [0.3, 0.4) is 0 Å². The highest BCUT2D eigenvalue weighted by atomic mass is 16.6. The van der Waals surface area contributed by atoms with Crippen LogP contribution in [-0.2, 0) is 14.3 Å². The van der Waals surface area contributed by atoms with Gasteiger partial charge >= 0.3 is 12.1 Å². The molecule has 0 N–H and O–H groups in total. The Morgan fingerprint density at radius 3 is 2.14 bits per heavy atom. The fourth-order valence-electron chi connectivity index (χ4n) is 1.78. The first-order valence-electron chi connectivity index (χ1n) is 7.31. The maximum absolute atomic E-state index is 12.1. The molecule has 1 atom stereocenters. The molecule has 0 aromatic carbocycles. The molecular formula is C16H29NO4. The molecule has 21 heavy (non-hydrogen) atoms. The number of carbonyl (C=O) groups excluding carboxylic acids is 2. The van der Waals surface area contributed by atoms with E-state index in [9.17, 15) is 9.59 Å². The quantitative estimate of drug-likeness (QED) is 0.577. The van der Waals surface area contributed by atoms with Gasteiger partial charge in [0, 0.05) is 12.6 Å². The third-order valence-electron chi connectivity index (χ3n) is 2.83. The van der Waals surface area contributed by atoms with Crippen molar-refractivity contribution in [3.8, 4) is 0 Å². The summed E-state index contributed by atoms with van der Waals surface area (Å²) in [5.41, 5.74) is -0.0572. The number of hydrogen-bond acceptors (Lipinski definition) is 4. The number of carbonyl (C=O) groups is 2. The molecule has 0 rings (SSSR count). The Morgan fingerprint density at radius 1 is 1.24 bits per heavy atom. The highest BCUT2D eigenvalue weighted by Crippen LogP contribution is 2.17. The van der Waals surface area contributed by atoms with Gasteiger partial charge in [0.2, 0.25) is 0 Å². The summed E-state index contributed by atoms with van der Waals surface area (Å²) in [7, 11) is 1.67. The first-order chi connectivity index (χ1) is 9.49. The molecule has 0 aliphatic heterocycles. The van der Waals surface area contributed by atoms with Crippen molar-refractivity contribution in [2.75, 3.05) is 13.7 Å². The third-order valence-corrected chi connectivity index (χ3v) is 2.83. The number of nitrogens with zero attached hydrogens (tertiary/aromatic N) is 1. The van der Waals surface area contributed by atoms with Gasteiger partial charge in [-0.15, -0.1) is 0 Å². The zero-order valence-electron chi connectivity index (χ0n) is 14.5. The molecule has 0 fully saturated rings. The average molecular weight is 299 g/mol. The Kier molecular flexibility index (Phi) is 7.47. The van der Waals surface area contributed by atoms with E-state index in [2.05, 4.69) is 0 Å². The van der Waals surface area contributed by atoms with E-state index in [0.29, 0.717) is 12.2 Å². The molecule has 0 aliphatic carbocycles. The fraction of sp³-hybridized carbons (Fsp3) is 0.750. The van der Waals surface area contributed by atoms with Crippen LogP contribution in [0.2, 0.25) is 0 Å². The molecule has 0 spiro atoms. The van der Waals surface area contributed by atoms with Crippen molar-refractivity contribution in [1.82, 2.24) is 4.90 Å². The van der Waals surface area contributed by atoms with Gasteiger partial charge in [0.1, 0.15) is 5.60 Å². The first-order valence-corrected chi connectivity index (χ1v) is 7.31. The molecule has 0 aromatic rings. The maximum Gasteiger partial charge on any atom is 0.410 e. The highest BCUT2D eigenvalue weighted by molar-refractivity contribution is 5.88. The van der Waals surface area contributed by atoms with Gasteiger partial charge in [-0.3, -0.25) is 0 Å². The number of esters is 1. The average Bonchev–Trinajstić information content (AvgIpc) is 2.32. The van der Waals surface area contributed by atoms with Gasteiger partial charge in [-0.05, 0) is 40.5 Å². The second kappa shape index (κ2) is 8.05. The summed E-state index contributed by atoms with van der Waals surface area (Å²) < 4.78 is 10.3. The second-order valence-electron chi connectivity index (χ2n) is 6.40. The molecule has 0 radical (unpaired) electrons. The Labute approximate surface area is 128 Å². The van der Waals surface area contributed by atoms with Crippen molar-refractivity contribution in [3.05, 3.63) is 11.6 Å². The molecular weight excluding hydrogens is 270 g/mol. The minimum Gasteiger partial charge on any atom is -0.463 e. The van der Waals surface area contributed by atoms with E-state index in [4.69, 9.17) is 9.47 Å². The summed E-state index contributed by atoms with van der Waals surface area (Å²) in [5, 5.41) is 0. The van der Waals surface area contributed by atoms with Crippen LogP contribution in [-0.4, -0.2) is 42.3 Å². The Morgan fingerprint density at radius 2 is 1.76 bits per heavy atom. The molecule has 5 heteroatoms. The second-order valence-corrected chi connectivity index (χ2v) is 6.40. The number of hydrogen-bond donors (Lipinski definition) is 0. The molecule has 0 heterocycles. The van der Waals surface area contributed by atoms with Crippen molar-refractivity contribution in [1.29, 1.82) is 0 Å². The monoisotopic (exact) mass is 299 g/mol. The first kappa shape index (κ1) is 19.5. The number of amides is 1. The van der Waals surface area contributed by atoms with E-state index in [0.717, 1.165) is 0 Å². The van der Waals surface area contributed by atoms with E-state index in [-0.39, 0.29) is 17.9 Å². The van der Waals surface area contributed by atoms with Gasteiger partial charge in [-0.1, -0.05) is 19.9 Å². The van der Waals surface area contributed by atoms with E-state index in [1.165, 1.54) is 4.90 Å². The lowest BCUT2D eigenvalue weighted by atomic mass is 10.0. The summed E-state index contributed by atoms with van der Waals surface area (Å²) in [6.45, 7) is 13.2. The summed E-state index contributed by atoms with van der Waals surface area (Å²) >= 11 is 0. The summed E-state index contributed by atoms with van der Waals surface area (Å²) in [6.07, 6.45) is 1.35. The molecule has 5 nitrogen and oxygen atoms in total. The normalized spacial score (nSPS) is 13.9. The Balaban J connectivity index is 5.10. The van der Waals surface area contributed by atoms with Crippen molar-refractivity contribution < 1.29 is 19.1 Å². The van der Waals surface area contributed by atoms with Crippen LogP contribution in [0.15, 0.2) is 11.6 Å². The molecule has 0 aromatic heterocycles. The molecule has 0 saturated carbocycles. The molecule has 1 unspecified atom stereocenters. The van der Waals surface area contributed by atoms with Gasteiger partial charge in [0.05, 0.1) is 12.6 Å². The third kappa shape index (κ3) is 7.16. The van der Waals surface area contributed by atoms with Crippen LogP contribution in [0.25, 0.3) is 0 Å². The van der Waals surface area contributed by atoms with Gasteiger partial charge in [0.15, 0.2) is 0 Å². The SMILES string of the molecule is CCOC(=O)/C(C)=C/C(C(C)C)N(C)C(=O)OC(C)(C)C. The lowest BCUT2D eigenvalue weighted by Gasteiger charge is -2.31. The number of likely N-dealkylation sites (N-methyl/N-ethyl adjacent to an activating group) is 1. The zero-order valence-corrected chi connectivity index (χ0v) is 14.5. The van der Waals surface area contributed by atoms with Crippen molar-refractivity contribution >= 4 is 12.1 Å². The van der Waals surface area contributed by atoms with Crippen LogP contribution < -0.4 is 0 Å². The topological polar surface area (TPSA) is 55.8 Å². The highest BCUT2D eigenvalue weighted by Gasteiger charge is 2.26. The van der Waals surface area contributed by atoms with Crippen molar-refractivity contribution in [2.45, 2.75) is 60.1 Å². The standard InChI is InChI=1S/C16H29NO4/c1-9-20-14(18)12(4)10-13(11(2)3)17(8)15(19)21-16(5,6)7/h10-11,13H,9H2,1-8H3/b12-10+. The van der Waals surface area contributed by atoms with E-state index >= 15 is 0 Å². The summed E-state index contributed by atoms with van der Waals surface area (Å²) in [4.78, 5) is 25.3. The smallest absolute Gasteiger partial charge is 0.410 e. The minimum atomic E-state index is -0.549. The van der Waals surface area contributed by atoms with E-state index in [1.807, 2.05) is 34.6 Å². The maximum atomic E-state index is 12.1. The Bertz CT molecular complexity index is 394. The van der Waals surface area contributed by atoms with Crippen LogP contribution in [0, 0.1) is 5.92 Å². The minimum absolute atomic E-state index is 0.145. The Hall–Kier alpha value is -1.52. The predicted molar refractivity (Wildman–Crippen MR) is 83.0 cm³/mol. The fourth-order valence-corrected chi connectivity index (χ4v) is 1.78. The van der Waals surface area contributed by atoms with Crippen LogP contribution in [0.5, 0.6) is 0 Å². The van der Waals surface area contributed by atoms with Crippen molar-refractivity contribution in [3.63, 3.8) is 0 Å². The number of ether oxygens (including phenoxy) is 2. The van der Waals surface area contributed by atoms with E-state index < -0.39 is 11.7 Å². The predicted octanol–water partition coefficient (Wildman–Crippen LogP) is 3.39. The lowest BCUT2D eigenvalue weighted by Crippen LogP contribution is -2.42. The molecule has 0 aliphatic rings. The molecule has 122 valence electrons. The largest absolute Gasteiger partial charge is 0.463 e. The van der Waals surface area contributed by atoms with Crippen LogP contribution in [0.1, 0.15) is 48.5 Å². The van der Waals surface area contributed by atoms with Gasteiger partial charge in [0.25, 0.3) is 0 Å². The van der Waals surface area contributed by atoms with Crippen LogP contribution in [0.4, 0.5) is 4.79 Å². The zero-order chi connectivity index (χ0) is 16.8. The molecule has 1 amide bonds. The van der Waals surface area contributed by atoms with Gasteiger partial charge < -0.3 is 14.4 Å². The van der Waals surface area contributed by atoms with Gasteiger partial charge in [-0.25, -0.2) is 9.59 Å². The van der Waals surface area contributed by atoms with Gasteiger partial charge in [-0.2, -0.15) is 0 Å². The van der Waals surface area contributed by atoms with Crippen LogP contribution >= 0.6 is 0 Å². The van der Waals surface area contributed by atoms with Crippen molar-refractivity contribution in [2.24, 2.45) is 5.92 Å². The molecule has 0 saturated heterocycles.